The molecule has 0 aliphatic carbocycles. The minimum absolute atomic E-state index is 0.0730. The third-order valence-corrected chi connectivity index (χ3v) is 4.08. The normalized spacial score (nSPS) is 24.8. The Labute approximate surface area is 111 Å². The molecule has 1 fully saturated rings. The number of aromatic nitrogens is 1. The van der Waals surface area contributed by atoms with Crippen molar-refractivity contribution in [2.75, 3.05) is 13.1 Å². The largest absolute Gasteiger partial charge is 0.481 e. The maximum Gasteiger partial charge on any atom is 0.393 e. The zero-order valence-corrected chi connectivity index (χ0v) is 11.0. The molecule has 1 aliphatic heterocycles. The van der Waals surface area contributed by atoms with Gasteiger partial charge in [0.15, 0.2) is 0 Å². The second-order valence-corrected chi connectivity index (χ2v) is 5.95. The smallest absolute Gasteiger partial charge is 0.393 e. The summed E-state index contributed by atoms with van der Waals surface area (Å²) in [5.41, 5.74) is 0. The Morgan fingerprint density at radius 3 is 2.68 bits per heavy atom. The summed E-state index contributed by atoms with van der Waals surface area (Å²) in [7, 11) is 0. The van der Waals surface area contributed by atoms with E-state index in [0.29, 0.717) is 6.54 Å². The van der Waals surface area contributed by atoms with Gasteiger partial charge >= 0.3 is 12.1 Å². The first-order valence-corrected chi connectivity index (χ1v) is 6.52. The number of alkyl halides is 3. The van der Waals surface area contributed by atoms with E-state index in [0.717, 1.165) is 9.88 Å². The number of halogens is 3. The van der Waals surface area contributed by atoms with Gasteiger partial charge in [0.05, 0.1) is 16.8 Å². The van der Waals surface area contributed by atoms with E-state index in [-0.39, 0.29) is 13.1 Å². The molecular formula is C11H13F3N2O2S. The number of likely N-dealkylation sites (tertiary alicyclic amines) is 1. The average molecular weight is 294 g/mol. The third-order valence-electron chi connectivity index (χ3n) is 3.18. The highest BCUT2D eigenvalue weighted by molar-refractivity contribution is 7.11. The van der Waals surface area contributed by atoms with E-state index in [4.69, 9.17) is 5.11 Å². The molecule has 0 radical (unpaired) electrons. The molecule has 8 heteroatoms. The van der Waals surface area contributed by atoms with Crippen molar-refractivity contribution < 1.29 is 23.1 Å². The molecule has 0 unspecified atom stereocenters. The molecule has 1 saturated heterocycles. The minimum atomic E-state index is -4.47. The number of hydrogen-bond donors (Lipinski definition) is 1. The SMILES string of the molecule is Cc1ncc(CN2C[C@@H](C(F)(F)F)[C@H](C(=O)O)C2)s1. The van der Waals surface area contributed by atoms with Crippen molar-refractivity contribution in [1.82, 2.24) is 9.88 Å². The predicted octanol–water partition coefficient (Wildman–Crippen LogP) is 2.15. The molecule has 2 heterocycles. The molecule has 4 nitrogen and oxygen atoms in total. The molecule has 0 spiro atoms. The summed E-state index contributed by atoms with van der Waals surface area (Å²) in [4.78, 5) is 17.3. The van der Waals surface area contributed by atoms with Crippen LogP contribution in [0.3, 0.4) is 0 Å². The van der Waals surface area contributed by atoms with Gasteiger partial charge in [-0.05, 0) is 6.92 Å². The molecule has 0 aromatic carbocycles. The van der Waals surface area contributed by atoms with E-state index in [2.05, 4.69) is 4.98 Å². The summed E-state index contributed by atoms with van der Waals surface area (Å²) in [6.07, 6.45) is -2.85. The number of aryl methyl sites for hydroxylation is 1. The second kappa shape index (κ2) is 5.09. The molecule has 0 amide bonds. The number of carboxylic acids is 1. The monoisotopic (exact) mass is 294 g/mol. The van der Waals surface area contributed by atoms with E-state index < -0.39 is 24.0 Å². The fourth-order valence-electron chi connectivity index (χ4n) is 2.30. The minimum Gasteiger partial charge on any atom is -0.481 e. The number of rotatable bonds is 3. The molecule has 106 valence electrons. The first kappa shape index (κ1) is 14.3. The van der Waals surface area contributed by atoms with Gasteiger partial charge in [-0.25, -0.2) is 4.98 Å². The number of carboxylic acid groups (broad SMARTS) is 1. The van der Waals surface area contributed by atoms with Crippen LogP contribution in [-0.4, -0.2) is 40.2 Å². The van der Waals surface area contributed by atoms with Gasteiger partial charge in [-0.2, -0.15) is 13.2 Å². The Bertz CT molecular complexity index is 475. The molecule has 1 aromatic heterocycles. The second-order valence-electron chi connectivity index (χ2n) is 4.63. The van der Waals surface area contributed by atoms with Crippen LogP contribution in [0.5, 0.6) is 0 Å². The Morgan fingerprint density at radius 2 is 2.26 bits per heavy atom. The van der Waals surface area contributed by atoms with Gasteiger partial charge < -0.3 is 5.11 Å². The summed E-state index contributed by atoms with van der Waals surface area (Å²) < 4.78 is 38.4. The predicted molar refractivity (Wildman–Crippen MR) is 62.8 cm³/mol. The lowest BCUT2D eigenvalue weighted by Crippen LogP contribution is -2.33. The maximum absolute atomic E-state index is 12.8. The third kappa shape index (κ3) is 3.24. The molecule has 19 heavy (non-hydrogen) atoms. The Balaban J connectivity index is 2.07. The quantitative estimate of drug-likeness (QED) is 0.928. The van der Waals surface area contributed by atoms with Crippen molar-refractivity contribution >= 4 is 17.3 Å². The van der Waals surface area contributed by atoms with Crippen LogP contribution in [-0.2, 0) is 11.3 Å². The Morgan fingerprint density at radius 1 is 1.58 bits per heavy atom. The van der Waals surface area contributed by atoms with Gasteiger partial charge in [0.25, 0.3) is 0 Å². The number of nitrogens with zero attached hydrogens (tertiary/aromatic N) is 2. The number of hydrogen-bond acceptors (Lipinski definition) is 4. The highest BCUT2D eigenvalue weighted by Crippen LogP contribution is 2.38. The first-order valence-electron chi connectivity index (χ1n) is 5.70. The summed E-state index contributed by atoms with van der Waals surface area (Å²) in [5, 5.41) is 9.74. The molecular weight excluding hydrogens is 281 g/mol. The summed E-state index contributed by atoms with van der Waals surface area (Å²) in [5.74, 6) is -4.56. The van der Waals surface area contributed by atoms with Crippen molar-refractivity contribution in [3.8, 4) is 0 Å². The van der Waals surface area contributed by atoms with Crippen LogP contribution in [0, 0.1) is 18.8 Å². The fourth-order valence-corrected chi connectivity index (χ4v) is 3.13. The van der Waals surface area contributed by atoms with Crippen molar-refractivity contribution in [1.29, 1.82) is 0 Å². The molecule has 0 bridgehead atoms. The summed E-state index contributed by atoms with van der Waals surface area (Å²) in [6, 6.07) is 0. The van der Waals surface area contributed by atoms with E-state index in [1.807, 2.05) is 6.92 Å². The highest BCUT2D eigenvalue weighted by atomic mass is 32.1. The average Bonchev–Trinajstić information content (AvgIpc) is 2.85. The molecule has 1 N–H and O–H groups in total. The zero-order valence-electron chi connectivity index (χ0n) is 10.1. The maximum atomic E-state index is 12.8. The van der Waals surface area contributed by atoms with E-state index in [1.165, 1.54) is 16.2 Å². The van der Waals surface area contributed by atoms with Crippen LogP contribution in [0.1, 0.15) is 9.88 Å². The number of aliphatic carboxylic acids is 1. The van der Waals surface area contributed by atoms with Gasteiger partial charge in [-0.15, -0.1) is 11.3 Å². The number of thiazole rings is 1. The highest BCUT2D eigenvalue weighted by Gasteiger charge is 2.52. The first-order chi connectivity index (χ1) is 8.77. The topological polar surface area (TPSA) is 53.4 Å². The van der Waals surface area contributed by atoms with Gasteiger partial charge in [-0.1, -0.05) is 0 Å². The molecule has 2 atom stereocenters. The van der Waals surface area contributed by atoms with Gasteiger partial charge in [-0.3, -0.25) is 9.69 Å². The number of carbonyl (C=O) groups is 1. The lowest BCUT2D eigenvalue weighted by atomic mass is 9.96. The van der Waals surface area contributed by atoms with Crippen LogP contribution in [0.4, 0.5) is 13.2 Å². The van der Waals surface area contributed by atoms with E-state index in [1.54, 1.807) is 6.20 Å². The van der Waals surface area contributed by atoms with Crippen LogP contribution in [0.25, 0.3) is 0 Å². The van der Waals surface area contributed by atoms with Crippen LogP contribution in [0.2, 0.25) is 0 Å². The molecule has 2 rings (SSSR count). The molecule has 1 aliphatic rings. The van der Waals surface area contributed by atoms with Crippen molar-refractivity contribution in [3.05, 3.63) is 16.1 Å². The van der Waals surface area contributed by atoms with Crippen LogP contribution >= 0.6 is 11.3 Å². The van der Waals surface area contributed by atoms with Crippen LogP contribution < -0.4 is 0 Å². The van der Waals surface area contributed by atoms with Crippen LogP contribution in [0.15, 0.2) is 6.20 Å². The summed E-state index contributed by atoms with van der Waals surface area (Å²) >= 11 is 1.41. The van der Waals surface area contributed by atoms with Crippen molar-refractivity contribution in [2.45, 2.75) is 19.6 Å². The van der Waals surface area contributed by atoms with E-state index >= 15 is 0 Å². The van der Waals surface area contributed by atoms with Gasteiger partial charge in [0.2, 0.25) is 0 Å². The zero-order chi connectivity index (χ0) is 14.2. The standard InChI is InChI=1S/C11H13F3N2O2S/c1-6-15-2-7(19-6)3-16-4-8(10(17)18)9(5-16)11(12,13)14/h2,8-9H,3-5H2,1H3,(H,17,18)/t8-,9-/m1/s1. The molecule has 0 saturated carbocycles. The van der Waals surface area contributed by atoms with Crippen molar-refractivity contribution in [3.63, 3.8) is 0 Å². The van der Waals surface area contributed by atoms with E-state index in [9.17, 15) is 18.0 Å². The summed E-state index contributed by atoms with van der Waals surface area (Å²) in [6.45, 7) is 1.80. The van der Waals surface area contributed by atoms with Crippen molar-refractivity contribution in [2.24, 2.45) is 11.8 Å². The van der Waals surface area contributed by atoms with Gasteiger partial charge in [0, 0.05) is 30.7 Å². The molecule has 1 aromatic rings. The van der Waals surface area contributed by atoms with Gasteiger partial charge in [0.1, 0.15) is 0 Å². The fraction of sp³-hybridized carbons (Fsp3) is 0.636. The Kier molecular flexibility index (Phi) is 3.82. The lowest BCUT2D eigenvalue weighted by molar-refractivity contribution is -0.188. The Hall–Kier alpha value is -1.15. The lowest BCUT2D eigenvalue weighted by Gasteiger charge is -2.18.